The maximum atomic E-state index is 13.1. The van der Waals surface area contributed by atoms with Crippen LogP contribution in [0.5, 0.6) is 0 Å². The Morgan fingerprint density at radius 2 is 2.17 bits per heavy atom. The van der Waals surface area contributed by atoms with Gasteiger partial charge in [0.2, 0.25) is 5.91 Å². The summed E-state index contributed by atoms with van der Waals surface area (Å²) < 4.78 is 0. The average molecular weight is 428 g/mol. The first-order chi connectivity index (χ1) is 14.3. The Balaban J connectivity index is 1.37. The number of hydrogen-bond acceptors (Lipinski definition) is 5. The predicted octanol–water partition coefficient (Wildman–Crippen LogP) is 2.44. The molecule has 0 aromatic heterocycles. The van der Waals surface area contributed by atoms with Gasteiger partial charge in [-0.2, -0.15) is 5.26 Å². The van der Waals surface area contributed by atoms with E-state index in [1.165, 1.54) is 0 Å². The van der Waals surface area contributed by atoms with Crippen LogP contribution < -0.4 is 10.2 Å². The van der Waals surface area contributed by atoms with Crippen LogP contribution in [0.3, 0.4) is 0 Å². The van der Waals surface area contributed by atoms with Gasteiger partial charge in [0.25, 0.3) is 5.91 Å². The zero-order valence-electron chi connectivity index (χ0n) is 17.4. The van der Waals surface area contributed by atoms with Crippen molar-refractivity contribution in [2.24, 2.45) is 11.8 Å². The second-order valence-corrected chi connectivity index (χ2v) is 8.81. The molecule has 4 unspecified atom stereocenters. The number of rotatable bonds is 5. The Labute approximate surface area is 181 Å². The molecule has 2 aliphatic heterocycles. The van der Waals surface area contributed by atoms with Crippen LogP contribution in [0.15, 0.2) is 30.1 Å². The van der Waals surface area contributed by atoms with Crippen molar-refractivity contribution < 1.29 is 9.59 Å². The number of nitrogens with zero attached hydrogens (tertiary/aromatic N) is 4. The zero-order chi connectivity index (χ0) is 21.6. The smallest absolute Gasteiger partial charge is 0.260 e. The SMILES string of the molecule is CC1=CN(C)c2ccc(Cl)cc2C(=O)N1CCNCC(=O)N1C(C#N)CC2C(C)C21. The third kappa shape index (κ3) is 3.55. The Hall–Kier alpha value is -2.56. The van der Waals surface area contributed by atoms with E-state index in [9.17, 15) is 14.9 Å². The maximum Gasteiger partial charge on any atom is 0.260 e. The predicted molar refractivity (Wildman–Crippen MR) is 115 cm³/mol. The van der Waals surface area contributed by atoms with Crippen LogP contribution in [0.1, 0.15) is 30.6 Å². The number of piperidine rings is 1. The van der Waals surface area contributed by atoms with Crippen LogP contribution in [-0.4, -0.2) is 60.4 Å². The Morgan fingerprint density at radius 1 is 1.40 bits per heavy atom. The van der Waals surface area contributed by atoms with Crippen LogP contribution >= 0.6 is 11.6 Å². The van der Waals surface area contributed by atoms with E-state index >= 15 is 0 Å². The topological polar surface area (TPSA) is 79.7 Å². The van der Waals surface area contributed by atoms with Crippen molar-refractivity contribution in [1.82, 2.24) is 15.1 Å². The summed E-state index contributed by atoms with van der Waals surface area (Å²) in [5.41, 5.74) is 2.18. The molecule has 7 nitrogen and oxygen atoms in total. The Kier molecular flexibility index (Phi) is 5.48. The number of likely N-dealkylation sites (tertiary alicyclic amines) is 1. The fourth-order valence-corrected chi connectivity index (χ4v) is 5.01. The molecule has 0 radical (unpaired) electrons. The molecular formula is C22H26ClN5O2. The van der Waals surface area contributed by atoms with Gasteiger partial charge in [0.15, 0.2) is 0 Å². The van der Waals surface area contributed by atoms with E-state index in [0.29, 0.717) is 35.5 Å². The van der Waals surface area contributed by atoms with E-state index in [-0.39, 0.29) is 30.4 Å². The molecule has 1 N–H and O–H groups in total. The molecule has 8 heteroatoms. The molecule has 30 heavy (non-hydrogen) atoms. The first-order valence-corrected chi connectivity index (χ1v) is 10.7. The summed E-state index contributed by atoms with van der Waals surface area (Å²) in [7, 11) is 1.90. The van der Waals surface area contributed by atoms with Crippen molar-refractivity contribution in [1.29, 1.82) is 5.26 Å². The summed E-state index contributed by atoms with van der Waals surface area (Å²) in [6.45, 7) is 5.10. The van der Waals surface area contributed by atoms with E-state index in [2.05, 4.69) is 18.3 Å². The van der Waals surface area contributed by atoms with Crippen LogP contribution in [0, 0.1) is 23.2 Å². The number of fused-ring (bicyclic) bond motifs is 2. The van der Waals surface area contributed by atoms with Crippen molar-refractivity contribution in [3.63, 3.8) is 0 Å². The summed E-state index contributed by atoms with van der Waals surface area (Å²) in [6.07, 6.45) is 2.70. The van der Waals surface area contributed by atoms with Crippen molar-refractivity contribution in [3.8, 4) is 6.07 Å². The minimum atomic E-state index is -0.306. The van der Waals surface area contributed by atoms with E-state index in [0.717, 1.165) is 17.8 Å². The van der Waals surface area contributed by atoms with E-state index in [1.54, 1.807) is 21.9 Å². The number of hydrogen-bond donors (Lipinski definition) is 1. The number of nitrogens with one attached hydrogen (secondary N) is 1. The van der Waals surface area contributed by atoms with Gasteiger partial charge in [-0.15, -0.1) is 0 Å². The van der Waals surface area contributed by atoms with Crippen molar-refractivity contribution in [3.05, 3.63) is 40.7 Å². The number of benzene rings is 1. The summed E-state index contributed by atoms with van der Waals surface area (Å²) >= 11 is 6.12. The average Bonchev–Trinajstić information content (AvgIpc) is 3.18. The molecule has 1 saturated carbocycles. The molecule has 0 bridgehead atoms. The normalized spacial score (nSPS) is 27.2. The van der Waals surface area contributed by atoms with Crippen LogP contribution in [0.2, 0.25) is 5.02 Å². The summed E-state index contributed by atoms with van der Waals surface area (Å²) in [5, 5.41) is 13.0. The summed E-state index contributed by atoms with van der Waals surface area (Å²) in [5.74, 6) is 0.817. The van der Waals surface area contributed by atoms with Gasteiger partial charge in [0.05, 0.1) is 23.9 Å². The van der Waals surface area contributed by atoms with Crippen molar-refractivity contribution >= 4 is 29.1 Å². The zero-order valence-corrected chi connectivity index (χ0v) is 18.2. The molecule has 158 valence electrons. The largest absolute Gasteiger partial charge is 0.349 e. The molecule has 3 aliphatic rings. The molecule has 0 spiro atoms. The number of allylic oxidation sites excluding steroid dienone is 1. The summed E-state index contributed by atoms with van der Waals surface area (Å²) in [6, 6.07) is 7.47. The van der Waals surface area contributed by atoms with Gasteiger partial charge in [-0.1, -0.05) is 18.5 Å². The Morgan fingerprint density at radius 3 is 2.90 bits per heavy atom. The van der Waals surface area contributed by atoms with E-state index in [4.69, 9.17) is 11.6 Å². The molecule has 1 saturated heterocycles. The lowest BCUT2D eigenvalue weighted by atomic mass is 10.1. The molecule has 4 rings (SSSR count). The van der Waals surface area contributed by atoms with Crippen LogP contribution in [0.4, 0.5) is 5.69 Å². The lowest BCUT2D eigenvalue weighted by Gasteiger charge is -2.25. The molecular weight excluding hydrogens is 402 g/mol. The first-order valence-electron chi connectivity index (χ1n) is 10.3. The Bertz CT molecular complexity index is 955. The van der Waals surface area contributed by atoms with Gasteiger partial charge in [-0.25, -0.2) is 0 Å². The van der Waals surface area contributed by atoms with Crippen molar-refractivity contribution in [2.75, 3.05) is 31.6 Å². The molecule has 2 amide bonds. The second-order valence-electron chi connectivity index (χ2n) is 8.37. The fraction of sp³-hybridized carbons (Fsp3) is 0.500. The van der Waals surface area contributed by atoms with Gasteiger partial charge >= 0.3 is 0 Å². The number of halogens is 1. The number of anilines is 1. The van der Waals surface area contributed by atoms with Gasteiger partial charge < -0.3 is 20.0 Å². The highest BCUT2D eigenvalue weighted by molar-refractivity contribution is 6.31. The van der Waals surface area contributed by atoms with Gasteiger partial charge in [0.1, 0.15) is 6.04 Å². The molecule has 1 aromatic rings. The third-order valence-corrected chi connectivity index (χ3v) is 6.75. The monoisotopic (exact) mass is 427 g/mol. The minimum Gasteiger partial charge on any atom is -0.349 e. The van der Waals surface area contributed by atoms with Crippen LogP contribution in [0.25, 0.3) is 0 Å². The second kappa shape index (κ2) is 7.93. The number of carbonyl (C=O) groups is 2. The van der Waals surface area contributed by atoms with Crippen LogP contribution in [-0.2, 0) is 4.79 Å². The van der Waals surface area contributed by atoms with E-state index in [1.807, 2.05) is 31.1 Å². The molecule has 2 fully saturated rings. The third-order valence-electron chi connectivity index (χ3n) is 6.51. The highest BCUT2D eigenvalue weighted by Gasteiger charge is 2.59. The maximum absolute atomic E-state index is 13.1. The van der Waals surface area contributed by atoms with Gasteiger partial charge in [-0.3, -0.25) is 9.59 Å². The van der Waals surface area contributed by atoms with Gasteiger partial charge in [-0.05, 0) is 43.4 Å². The minimum absolute atomic E-state index is 0.0373. The lowest BCUT2D eigenvalue weighted by molar-refractivity contribution is -0.131. The number of amides is 2. The van der Waals surface area contributed by atoms with Gasteiger partial charge in [0, 0.05) is 43.1 Å². The highest BCUT2D eigenvalue weighted by Crippen LogP contribution is 2.52. The number of nitriles is 1. The molecule has 2 heterocycles. The molecule has 1 aromatic carbocycles. The van der Waals surface area contributed by atoms with Crippen molar-refractivity contribution in [2.45, 2.75) is 32.4 Å². The quantitative estimate of drug-likeness (QED) is 0.730. The highest BCUT2D eigenvalue weighted by atomic mass is 35.5. The summed E-state index contributed by atoms with van der Waals surface area (Å²) in [4.78, 5) is 31.2. The first kappa shape index (κ1) is 20.7. The fourth-order valence-electron chi connectivity index (χ4n) is 4.84. The number of carbonyl (C=O) groups excluding carboxylic acids is 2. The molecule has 1 aliphatic carbocycles. The standard InChI is InChI=1S/C22H26ClN5O2/c1-13-12-26(3)19-5-4-15(23)8-18(19)22(30)27(13)7-6-25-11-20(29)28-16(10-24)9-17-14(2)21(17)28/h4-5,8,12,14,16-17,21,25H,6-7,9,11H2,1-3H3. The molecule has 4 atom stereocenters. The lowest BCUT2D eigenvalue weighted by Crippen LogP contribution is -2.45. The van der Waals surface area contributed by atoms with E-state index < -0.39 is 0 Å².